The number of aryl methyl sites for hydroxylation is 2. The predicted molar refractivity (Wildman–Crippen MR) is 95.4 cm³/mol. The molecule has 0 bridgehead atoms. The van der Waals surface area contributed by atoms with E-state index in [4.69, 9.17) is 0 Å². The van der Waals surface area contributed by atoms with Gasteiger partial charge in [0.15, 0.2) is 0 Å². The van der Waals surface area contributed by atoms with Crippen LogP contribution in [0.4, 0.5) is 0 Å². The first-order valence-electron chi connectivity index (χ1n) is 7.82. The van der Waals surface area contributed by atoms with Crippen LogP contribution in [0, 0.1) is 13.8 Å². The quantitative estimate of drug-likeness (QED) is 0.550. The molecular weight excluding hydrogens is 266 g/mol. The molecule has 0 fully saturated rings. The van der Waals surface area contributed by atoms with Crippen LogP contribution in [0.2, 0.25) is 0 Å². The maximum absolute atomic E-state index is 4.67. The summed E-state index contributed by atoms with van der Waals surface area (Å²) in [7, 11) is 0. The minimum absolute atomic E-state index is 0.147. The van der Waals surface area contributed by atoms with E-state index in [1.54, 1.807) is 0 Å². The molecule has 3 rings (SSSR count). The average Bonchev–Trinajstić information content (AvgIpc) is 2.45. The van der Waals surface area contributed by atoms with Crippen LogP contribution in [-0.4, -0.2) is 4.98 Å². The molecule has 112 valence electrons. The number of fused-ring (bicyclic) bond motifs is 1. The summed E-state index contributed by atoms with van der Waals surface area (Å²) < 4.78 is 0. The van der Waals surface area contributed by atoms with Gasteiger partial charge < -0.3 is 0 Å². The van der Waals surface area contributed by atoms with Crippen molar-refractivity contribution in [3.05, 3.63) is 65.4 Å². The highest BCUT2D eigenvalue weighted by Gasteiger charge is 2.15. The molecule has 0 radical (unpaired) electrons. The average molecular weight is 289 g/mol. The minimum Gasteiger partial charge on any atom is -0.256 e. The Bertz CT molecular complexity index is 838. The molecule has 2 aromatic carbocycles. The van der Waals surface area contributed by atoms with Gasteiger partial charge in [0.1, 0.15) is 0 Å². The molecule has 0 aliphatic heterocycles. The molecule has 1 nitrogen and oxygen atoms in total. The molecule has 1 heteroatoms. The van der Waals surface area contributed by atoms with Crippen molar-refractivity contribution in [1.82, 2.24) is 4.98 Å². The van der Waals surface area contributed by atoms with Crippen LogP contribution in [0.25, 0.3) is 22.0 Å². The highest BCUT2D eigenvalue weighted by Crippen LogP contribution is 2.29. The van der Waals surface area contributed by atoms with Gasteiger partial charge in [-0.1, -0.05) is 56.2 Å². The van der Waals surface area contributed by atoms with E-state index in [9.17, 15) is 0 Å². The molecule has 0 N–H and O–H groups in total. The van der Waals surface area contributed by atoms with Gasteiger partial charge in [-0.05, 0) is 48.4 Å². The van der Waals surface area contributed by atoms with Gasteiger partial charge in [-0.2, -0.15) is 0 Å². The number of nitrogens with zero attached hydrogens (tertiary/aromatic N) is 1. The van der Waals surface area contributed by atoms with Gasteiger partial charge in [-0.3, -0.25) is 4.98 Å². The molecule has 0 aliphatic rings. The zero-order valence-corrected chi connectivity index (χ0v) is 14.1. The Morgan fingerprint density at radius 3 is 2.27 bits per heavy atom. The van der Waals surface area contributed by atoms with Crippen LogP contribution in [0.15, 0.2) is 48.7 Å². The molecule has 0 aliphatic carbocycles. The fraction of sp³-hybridized carbons (Fsp3) is 0.286. The smallest absolute Gasteiger partial charge is 0.0708 e. The lowest BCUT2D eigenvalue weighted by molar-refractivity contribution is 0.590. The van der Waals surface area contributed by atoms with Gasteiger partial charge in [0.25, 0.3) is 0 Å². The van der Waals surface area contributed by atoms with E-state index in [0.717, 1.165) is 5.69 Å². The monoisotopic (exact) mass is 289 g/mol. The van der Waals surface area contributed by atoms with Gasteiger partial charge in [0.2, 0.25) is 0 Å². The number of rotatable bonds is 1. The summed E-state index contributed by atoms with van der Waals surface area (Å²) in [6.45, 7) is 11.0. The van der Waals surface area contributed by atoms with Crippen molar-refractivity contribution < 1.29 is 0 Å². The molecule has 22 heavy (non-hydrogen) atoms. The van der Waals surface area contributed by atoms with Gasteiger partial charge in [-0.15, -0.1) is 0 Å². The summed E-state index contributed by atoms with van der Waals surface area (Å²) in [5, 5.41) is 2.45. The number of aromatic nitrogens is 1. The third-order valence-corrected chi connectivity index (χ3v) is 4.12. The zero-order chi connectivity index (χ0) is 15.9. The lowest BCUT2D eigenvalue weighted by Gasteiger charge is -2.20. The second-order valence-electron chi connectivity index (χ2n) is 7.26. The lowest BCUT2D eigenvalue weighted by atomic mass is 9.85. The number of pyridine rings is 1. The van der Waals surface area contributed by atoms with Crippen LogP contribution in [0.5, 0.6) is 0 Å². The molecule has 1 aromatic heterocycles. The first-order valence-corrected chi connectivity index (χ1v) is 7.82. The Labute approximate surface area is 133 Å². The van der Waals surface area contributed by atoms with E-state index < -0.39 is 0 Å². The van der Waals surface area contributed by atoms with Crippen molar-refractivity contribution in [3.63, 3.8) is 0 Å². The summed E-state index contributed by atoms with van der Waals surface area (Å²) >= 11 is 0. The third kappa shape index (κ3) is 2.89. The van der Waals surface area contributed by atoms with E-state index in [1.807, 2.05) is 6.20 Å². The Morgan fingerprint density at radius 1 is 0.773 bits per heavy atom. The number of hydrogen-bond acceptors (Lipinski definition) is 1. The van der Waals surface area contributed by atoms with Crippen molar-refractivity contribution >= 4 is 10.8 Å². The Hall–Kier alpha value is -2.15. The SMILES string of the molecule is Cc1cc(-c2cc3cc(C)ccc3cn2)cc(C(C)(C)C)c1. The van der Waals surface area contributed by atoms with Crippen molar-refractivity contribution in [2.45, 2.75) is 40.0 Å². The molecular formula is C21H23N. The lowest BCUT2D eigenvalue weighted by Crippen LogP contribution is -2.11. The van der Waals surface area contributed by atoms with E-state index in [2.05, 4.69) is 82.1 Å². The van der Waals surface area contributed by atoms with Crippen molar-refractivity contribution in [2.24, 2.45) is 0 Å². The summed E-state index contributed by atoms with van der Waals surface area (Å²) in [4.78, 5) is 4.67. The molecule has 1 heterocycles. The first kappa shape index (κ1) is 14.8. The van der Waals surface area contributed by atoms with E-state index in [-0.39, 0.29) is 5.41 Å². The summed E-state index contributed by atoms with van der Waals surface area (Å²) in [5.74, 6) is 0. The van der Waals surface area contributed by atoms with Gasteiger partial charge >= 0.3 is 0 Å². The standard InChI is InChI=1S/C21H23N/c1-14-6-7-16-13-22-20(12-17(16)8-14)18-9-15(2)10-19(11-18)21(3,4)5/h6-13H,1-5H3. The summed E-state index contributed by atoms with van der Waals surface area (Å²) in [6, 6.07) is 15.5. The number of benzene rings is 2. The molecule has 0 saturated heterocycles. The number of hydrogen-bond donors (Lipinski definition) is 0. The first-order chi connectivity index (χ1) is 10.3. The Balaban J connectivity index is 2.16. The summed E-state index contributed by atoms with van der Waals surface area (Å²) in [6.07, 6.45) is 1.98. The van der Waals surface area contributed by atoms with Crippen LogP contribution >= 0.6 is 0 Å². The fourth-order valence-corrected chi connectivity index (χ4v) is 2.78. The van der Waals surface area contributed by atoms with Crippen LogP contribution in [-0.2, 0) is 5.41 Å². The Kier molecular flexibility index (Phi) is 3.52. The van der Waals surface area contributed by atoms with Crippen molar-refractivity contribution in [2.75, 3.05) is 0 Å². The third-order valence-electron chi connectivity index (χ3n) is 4.12. The van der Waals surface area contributed by atoms with Crippen LogP contribution in [0.3, 0.4) is 0 Å². The van der Waals surface area contributed by atoms with Crippen molar-refractivity contribution in [1.29, 1.82) is 0 Å². The minimum atomic E-state index is 0.147. The van der Waals surface area contributed by atoms with Gasteiger partial charge in [0.05, 0.1) is 5.69 Å². The topological polar surface area (TPSA) is 12.9 Å². The molecule has 0 amide bonds. The second kappa shape index (κ2) is 5.24. The van der Waals surface area contributed by atoms with E-state index in [1.165, 1.54) is 33.0 Å². The van der Waals surface area contributed by atoms with Gasteiger partial charge in [-0.25, -0.2) is 0 Å². The molecule has 0 unspecified atom stereocenters. The normalized spacial score (nSPS) is 11.9. The van der Waals surface area contributed by atoms with E-state index >= 15 is 0 Å². The van der Waals surface area contributed by atoms with Crippen molar-refractivity contribution in [3.8, 4) is 11.3 Å². The summed E-state index contributed by atoms with van der Waals surface area (Å²) in [5.41, 5.74) is 6.32. The Morgan fingerprint density at radius 2 is 1.55 bits per heavy atom. The largest absolute Gasteiger partial charge is 0.256 e. The van der Waals surface area contributed by atoms with E-state index in [0.29, 0.717) is 0 Å². The predicted octanol–water partition coefficient (Wildman–Crippen LogP) is 5.82. The molecule has 0 saturated carbocycles. The molecule has 0 spiro atoms. The fourth-order valence-electron chi connectivity index (χ4n) is 2.78. The highest BCUT2D eigenvalue weighted by atomic mass is 14.7. The van der Waals surface area contributed by atoms with Gasteiger partial charge in [0, 0.05) is 17.1 Å². The zero-order valence-electron chi connectivity index (χ0n) is 14.1. The second-order valence-corrected chi connectivity index (χ2v) is 7.26. The maximum Gasteiger partial charge on any atom is 0.0708 e. The maximum atomic E-state index is 4.67. The van der Waals surface area contributed by atoms with Crippen LogP contribution in [0.1, 0.15) is 37.5 Å². The van der Waals surface area contributed by atoms with Crippen LogP contribution < -0.4 is 0 Å². The molecule has 0 atom stereocenters. The molecule has 3 aromatic rings. The highest BCUT2D eigenvalue weighted by molar-refractivity contribution is 5.85.